The third-order valence-electron chi connectivity index (χ3n) is 4.54. The number of fused-ring (bicyclic) bond motifs is 1. The zero-order valence-corrected chi connectivity index (χ0v) is 15.9. The number of carbonyl (C=O) groups is 2. The van der Waals surface area contributed by atoms with Crippen molar-refractivity contribution < 1.29 is 19.1 Å². The van der Waals surface area contributed by atoms with Crippen LogP contribution in [0.25, 0.3) is 0 Å². The minimum absolute atomic E-state index is 0.173. The van der Waals surface area contributed by atoms with Crippen LogP contribution in [0.5, 0.6) is 5.75 Å². The van der Waals surface area contributed by atoms with Gasteiger partial charge in [-0.2, -0.15) is 0 Å². The van der Waals surface area contributed by atoms with Gasteiger partial charge in [-0.1, -0.05) is 48.5 Å². The molecule has 28 heavy (non-hydrogen) atoms. The smallest absolute Gasteiger partial charge is 0.311 e. The maximum Gasteiger partial charge on any atom is 0.311 e. The van der Waals surface area contributed by atoms with E-state index in [0.717, 1.165) is 10.4 Å². The lowest BCUT2D eigenvalue weighted by molar-refractivity contribution is -0.147. The number of thiophene rings is 1. The van der Waals surface area contributed by atoms with E-state index in [-0.39, 0.29) is 25.0 Å². The highest BCUT2D eigenvalue weighted by molar-refractivity contribution is 7.10. The van der Waals surface area contributed by atoms with Crippen LogP contribution in [0, 0.1) is 0 Å². The largest absolute Gasteiger partial charge is 0.489 e. The second-order valence-corrected chi connectivity index (χ2v) is 7.42. The van der Waals surface area contributed by atoms with E-state index in [2.05, 4.69) is 0 Å². The third-order valence-corrected chi connectivity index (χ3v) is 5.42. The summed E-state index contributed by atoms with van der Waals surface area (Å²) in [7, 11) is 0. The minimum Gasteiger partial charge on any atom is -0.489 e. The average Bonchev–Trinajstić information content (AvgIpc) is 3.24. The first-order valence-electron chi connectivity index (χ1n) is 8.99. The van der Waals surface area contributed by atoms with Crippen LogP contribution < -0.4 is 9.64 Å². The Morgan fingerprint density at radius 2 is 1.82 bits per heavy atom. The summed E-state index contributed by atoms with van der Waals surface area (Å²) in [6.07, 6.45) is 0.173. The molecule has 2 aromatic carbocycles. The Bertz CT molecular complexity index is 956. The Hall–Kier alpha value is -3.12. The van der Waals surface area contributed by atoms with E-state index in [1.54, 1.807) is 4.90 Å². The third kappa shape index (κ3) is 3.92. The zero-order chi connectivity index (χ0) is 19.3. The molecule has 0 fully saturated rings. The summed E-state index contributed by atoms with van der Waals surface area (Å²) in [6, 6.07) is 20.6. The molecule has 0 saturated heterocycles. The second kappa shape index (κ2) is 8.27. The minimum atomic E-state index is -0.409. The van der Waals surface area contributed by atoms with Crippen LogP contribution in [0.4, 0.5) is 5.69 Å². The number of nitrogens with zero attached hydrogens (tertiary/aromatic N) is 1. The summed E-state index contributed by atoms with van der Waals surface area (Å²) >= 11 is 1.49. The van der Waals surface area contributed by atoms with Crippen molar-refractivity contribution in [2.24, 2.45) is 0 Å². The number of hydrogen-bond acceptors (Lipinski definition) is 5. The van der Waals surface area contributed by atoms with Crippen molar-refractivity contribution >= 4 is 28.9 Å². The standard InChI is InChI=1S/C22H19NO4S/c24-21(15-27-22(25)13-17-9-6-12-28-17)23-18-10-4-5-11-20(18)26-14-19(23)16-7-2-1-3-8-16/h1-12,19H,13-15H2. The van der Waals surface area contributed by atoms with Crippen molar-refractivity contribution in [2.45, 2.75) is 12.5 Å². The summed E-state index contributed by atoms with van der Waals surface area (Å²) in [6.45, 7) is 0.0395. The van der Waals surface area contributed by atoms with E-state index >= 15 is 0 Å². The first kappa shape index (κ1) is 18.3. The predicted molar refractivity (Wildman–Crippen MR) is 108 cm³/mol. The molecule has 4 rings (SSSR count). The van der Waals surface area contributed by atoms with Gasteiger partial charge in [0, 0.05) is 4.88 Å². The highest BCUT2D eigenvalue weighted by Crippen LogP contribution is 2.39. The lowest BCUT2D eigenvalue weighted by atomic mass is 10.0. The summed E-state index contributed by atoms with van der Waals surface area (Å²) in [5.74, 6) is -0.0364. The van der Waals surface area contributed by atoms with Crippen molar-refractivity contribution in [2.75, 3.05) is 18.1 Å². The van der Waals surface area contributed by atoms with Crippen molar-refractivity contribution in [3.63, 3.8) is 0 Å². The Balaban J connectivity index is 1.53. The van der Waals surface area contributed by atoms with Gasteiger partial charge in [-0.05, 0) is 29.1 Å². The summed E-state index contributed by atoms with van der Waals surface area (Å²) in [5.41, 5.74) is 1.65. The molecule has 1 aliphatic heterocycles. The van der Waals surface area contributed by atoms with Crippen LogP contribution in [0.2, 0.25) is 0 Å². The van der Waals surface area contributed by atoms with Crippen LogP contribution in [-0.4, -0.2) is 25.1 Å². The first-order chi connectivity index (χ1) is 13.7. The molecular formula is C22H19NO4S. The molecule has 0 spiro atoms. The summed E-state index contributed by atoms with van der Waals surface area (Å²) in [4.78, 5) is 27.7. The molecule has 0 saturated carbocycles. The molecule has 0 aliphatic carbocycles. The van der Waals surface area contributed by atoms with Gasteiger partial charge in [-0.15, -0.1) is 11.3 Å². The molecule has 5 nitrogen and oxygen atoms in total. The molecule has 142 valence electrons. The number of hydrogen-bond donors (Lipinski definition) is 0. The van der Waals surface area contributed by atoms with E-state index in [4.69, 9.17) is 9.47 Å². The quantitative estimate of drug-likeness (QED) is 0.615. The molecule has 2 heterocycles. The number of ether oxygens (including phenoxy) is 2. The monoisotopic (exact) mass is 393 g/mol. The second-order valence-electron chi connectivity index (χ2n) is 6.39. The van der Waals surface area contributed by atoms with Crippen molar-refractivity contribution in [3.05, 3.63) is 82.6 Å². The molecule has 6 heteroatoms. The predicted octanol–water partition coefficient (Wildman–Crippen LogP) is 4.00. The highest BCUT2D eigenvalue weighted by Gasteiger charge is 2.33. The van der Waals surface area contributed by atoms with Gasteiger partial charge in [0.15, 0.2) is 6.61 Å². The number of carbonyl (C=O) groups excluding carboxylic acids is 2. The molecule has 1 unspecified atom stereocenters. The lowest BCUT2D eigenvalue weighted by Gasteiger charge is -2.37. The molecule has 1 aliphatic rings. The topological polar surface area (TPSA) is 55.8 Å². The van der Waals surface area contributed by atoms with Crippen molar-refractivity contribution in [3.8, 4) is 5.75 Å². The Morgan fingerprint density at radius 1 is 1.04 bits per heavy atom. The molecule has 0 N–H and O–H groups in total. The van der Waals surface area contributed by atoms with Gasteiger partial charge in [0.25, 0.3) is 5.91 Å². The summed E-state index contributed by atoms with van der Waals surface area (Å²) < 4.78 is 11.1. The normalized spacial score (nSPS) is 15.4. The van der Waals surface area contributed by atoms with Crippen LogP contribution >= 0.6 is 11.3 Å². The SMILES string of the molecule is O=C(Cc1cccs1)OCC(=O)N1c2ccccc2OCC1c1ccccc1. The van der Waals surface area contributed by atoms with Gasteiger partial charge < -0.3 is 9.47 Å². The van der Waals surface area contributed by atoms with E-state index in [9.17, 15) is 9.59 Å². The molecule has 1 aromatic heterocycles. The van der Waals surface area contributed by atoms with Crippen LogP contribution in [0.1, 0.15) is 16.5 Å². The molecule has 1 amide bonds. The lowest BCUT2D eigenvalue weighted by Crippen LogP contribution is -2.43. The Labute approximate surface area is 167 Å². The Kier molecular flexibility index (Phi) is 5.39. The van der Waals surface area contributed by atoms with Crippen molar-refractivity contribution in [1.82, 2.24) is 0 Å². The fraction of sp³-hybridized carbons (Fsp3) is 0.182. The number of para-hydroxylation sites is 2. The number of rotatable bonds is 5. The Morgan fingerprint density at radius 3 is 2.61 bits per heavy atom. The van der Waals surface area contributed by atoms with Crippen LogP contribution in [0.3, 0.4) is 0 Å². The van der Waals surface area contributed by atoms with Gasteiger partial charge in [-0.3, -0.25) is 14.5 Å². The van der Waals surface area contributed by atoms with E-state index < -0.39 is 5.97 Å². The molecule has 0 radical (unpaired) electrons. The molecule has 3 aromatic rings. The summed E-state index contributed by atoms with van der Waals surface area (Å²) in [5, 5.41) is 1.91. The van der Waals surface area contributed by atoms with Gasteiger partial charge >= 0.3 is 5.97 Å². The number of esters is 1. The van der Waals surface area contributed by atoms with E-state index in [1.807, 2.05) is 72.1 Å². The van der Waals surface area contributed by atoms with Gasteiger partial charge in [-0.25, -0.2) is 0 Å². The van der Waals surface area contributed by atoms with Crippen LogP contribution in [-0.2, 0) is 20.7 Å². The van der Waals surface area contributed by atoms with Crippen LogP contribution in [0.15, 0.2) is 72.1 Å². The average molecular weight is 393 g/mol. The maximum atomic E-state index is 13.0. The highest BCUT2D eigenvalue weighted by atomic mass is 32.1. The van der Waals surface area contributed by atoms with Gasteiger partial charge in [0.1, 0.15) is 12.4 Å². The van der Waals surface area contributed by atoms with E-state index in [1.165, 1.54) is 11.3 Å². The number of benzene rings is 2. The van der Waals surface area contributed by atoms with Gasteiger partial charge in [0.2, 0.25) is 0 Å². The van der Waals surface area contributed by atoms with Gasteiger partial charge in [0.05, 0.1) is 18.2 Å². The molecule has 1 atom stereocenters. The maximum absolute atomic E-state index is 13.0. The number of amides is 1. The number of anilines is 1. The first-order valence-corrected chi connectivity index (χ1v) is 9.87. The fourth-order valence-electron chi connectivity index (χ4n) is 3.24. The molecular weight excluding hydrogens is 374 g/mol. The van der Waals surface area contributed by atoms with Crippen molar-refractivity contribution in [1.29, 1.82) is 0 Å². The fourth-order valence-corrected chi connectivity index (χ4v) is 3.93. The van der Waals surface area contributed by atoms with E-state index in [0.29, 0.717) is 18.0 Å². The zero-order valence-electron chi connectivity index (χ0n) is 15.1. The molecule has 0 bridgehead atoms.